The van der Waals surface area contributed by atoms with Crippen molar-refractivity contribution in [3.05, 3.63) is 21.3 Å². The monoisotopic (exact) mass is 508 g/mol. The zero-order valence-electron chi connectivity index (χ0n) is 19.9. The third kappa shape index (κ3) is 5.62. The van der Waals surface area contributed by atoms with E-state index in [0.717, 1.165) is 48.8 Å². The standard InChI is InChI=1S/C23H33ClN6O3S/c1-4-14-11-17(28-20(14)24)21(31)29-16-7-10-30(12-18(16)33-3)23-26-13(2)19(34-23)22(32)27-15-5-8-25-9-6-15/h15-16,18,25H,4-12H2,1-3H3,(H,27,32)(H,29,31)/t16?,18-/m0/s1. The number of piperidine rings is 2. The number of hydrogen-bond acceptors (Lipinski definition) is 8. The van der Waals surface area contributed by atoms with Gasteiger partial charge in [0.05, 0.1) is 17.8 Å². The number of nitrogens with one attached hydrogen (secondary N) is 3. The molecular formula is C23H33ClN6O3S. The number of carbonyl (C=O) groups is 2. The van der Waals surface area contributed by atoms with E-state index in [-0.39, 0.29) is 30.0 Å². The number of aryl methyl sites for hydroxylation is 1. The van der Waals surface area contributed by atoms with E-state index in [9.17, 15) is 9.59 Å². The van der Waals surface area contributed by atoms with Crippen LogP contribution < -0.4 is 20.9 Å². The van der Waals surface area contributed by atoms with E-state index in [1.807, 2.05) is 13.8 Å². The Morgan fingerprint density at radius 3 is 2.68 bits per heavy atom. The van der Waals surface area contributed by atoms with E-state index in [0.29, 0.717) is 41.7 Å². The lowest BCUT2D eigenvalue weighted by atomic mass is 10.0. The zero-order valence-corrected chi connectivity index (χ0v) is 21.5. The van der Waals surface area contributed by atoms with E-state index in [1.54, 1.807) is 7.11 Å². The Morgan fingerprint density at radius 2 is 2.00 bits per heavy atom. The fourth-order valence-corrected chi connectivity index (χ4v) is 5.91. The zero-order chi connectivity index (χ0) is 24.2. The maximum atomic E-state index is 12.8. The number of allylic oxidation sites excluding steroid dienone is 1. The van der Waals surface area contributed by atoms with Crippen LogP contribution in [-0.2, 0) is 9.53 Å². The van der Waals surface area contributed by atoms with Crippen molar-refractivity contribution >= 4 is 45.6 Å². The van der Waals surface area contributed by atoms with Crippen molar-refractivity contribution in [2.75, 3.05) is 38.2 Å². The highest BCUT2D eigenvalue weighted by atomic mass is 35.5. The molecule has 9 nitrogen and oxygen atoms in total. The number of ether oxygens (including phenoxy) is 1. The lowest BCUT2D eigenvalue weighted by molar-refractivity contribution is -0.116. The van der Waals surface area contributed by atoms with E-state index >= 15 is 0 Å². The van der Waals surface area contributed by atoms with E-state index < -0.39 is 0 Å². The first-order valence-corrected chi connectivity index (χ1v) is 13.1. The Bertz CT molecular complexity index is 987. The van der Waals surface area contributed by atoms with Gasteiger partial charge in [0.2, 0.25) is 0 Å². The van der Waals surface area contributed by atoms with Crippen molar-refractivity contribution in [3.63, 3.8) is 0 Å². The number of amides is 2. The molecule has 0 aromatic carbocycles. The minimum Gasteiger partial charge on any atom is -0.377 e. The van der Waals surface area contributed by atoms with Crippen LogP contribution in [0.15, 0.2) is 15.7 Å². The molecule has 3 aliphatic heterocycles. The van der Waals surface area contributed by atoms with Gasteiger partial charge in [-0.05, 0) is 51.3 Å². The summed E-state index contributed by atoms with van der Waals surface area (Å²) >= 11 is 7.56. The van der Waals surface area contributed by atoms with Crippen molar-refractivity contribution in [1.82, 2.24) is 20.9 Å². The van der Waals surface area contributed by atoms with Gasteiger partial charge in [-0.1, -0.05) is 29.9 Å². The Morgan fingerprint density at radius 1 is 1.24 bits per heavy atom. The molecule has 2 fully saturated rings. The van der Waals surface area contributed by atoms with Crippen LogP contribution in [0.2, 0.25) is 0 Å². The summed E-state index contributed by atoms with van der Waals surface area (Å²) in [4.78, 5) is 37.3. The average Bonchev–Trinajstić information content (AvgIpc) is 3.42. The smallest absolute Gasteiger partial charge is 0.266 e. The Hall–Kier alpha value is -2.01. The molecule has 34 heavy (non-hydrogen) atoms. The number of nitrogens with zero attached hydrogens (tertiary/aromatic N) is 3. The third-order valence-electron chi connectivity index (χ3n) is 6.71. The van der Waals surface area contributed by atoms with Gasteiger partial charge in [0.1, 0.15) is 15.7 Å². The Balaban J connectivity index is 1.36. The molecule has 2 atom stereocenters. The van der Waals surface area contributed by atoms with Crippen molar-refractivity contribution in [2.24, 2.45) is 4.99 Å². The van der Waals surface area contributed by atoms with Crippen LogP contribution in [0.4, 0.5) is 5.13 Å². The predicted octanol–water partition coefficient (Wildman–Crippen LogP) is 2.35. The van der Waals surface area contributed by atoms with E-state index in [4.69, 9.17) is 16.3 Å². The predicted molar refractivity (Wildman–Crippen MR) is 135 cm³/mol. The van der Waals surface area contributed by atoms with E-state index in [1.165, 1.54) is 11.3 Å². The molecule has 3 aliphatic rings. The van der Waals surface area contributed by atoms with Gasteiger partial charge in [-0.2, -0.15) is 0 Å². The summed E-state index contributed by atoms with van der Waals surface area (Å²) in [6.07, 6.45) is 3.67. The summed E-state index contributed by atoms with van der Waals surface area (Å²) in [5, 5.41) is 10.8. The van der Waals surface area contributed by atoms with Crippen LogP contribution in [0, 0.1) is 6.92 Å². The number of anilines is 1. The molecule has 0 saturated carbocycles. The molecule has 4 heterocycles. The molecule has 2 saturated heterocycles. The maximum absolute atomic E-state index is 12.8. The van der Waals surface area contributed by atoms with Crippen LogP contribution in [0.3, 0.4) is 0 Å². The number of methoxy groups -OCH3 is 1. The topological polar surface area (TPSA) is 108 Å². The molecule has 11 heteroatoms. The number of rotatable bonds is 7. The van der Waals surface area contributed by atoms with Crippen molar-refractivity contribution in [3.8, 4) is 0 Å². The summed E-state index contributed by atoms with van der Waals surface area (Å²) < 4.78 is 5.73. The SMILES string of the molecule is CCC1=C(Cl)N=C(C(=O)NC2CCN(c3nc(C)c(C(=O)NC4CCNCC4)s3)C[C@@H]2OC)C1. The summed E-state index contributed by atoms with van der Waals surface area (Å²) in [7, 11) is 1.65. The van der Waals surface area contributed by atoms with Crippen LogP contribution in [0.25, 0.3) is 0 Å². The number of thiazole rings is 1. The van der Waals surface area contributed by atoms with Crippen LogP contribution in [0.5, 0.6) is 0 Å². The quantitative estimate of drug-likeness (QED) is 0.488. The minimum absolute atomic E-state index is 0.0466. The summed E-state index contributed by atoms with van der Waals surface area (Å²) in [6, 6.07) is 0.0727. The summed E-state index contributed by atoms with van der Waals surface area (Å²) in [6.45, 7) is 7.03. The summed E-state index contributed by atoms with van der Waals surface area (Å²) in [5.74, 6) is -0.237. The fraction of sp³-hybridized carbons (Fsp3) is 0.652. The van der Waals surface area contributed by atoms with Crippen LogP contribution in [0.1, 0.15) is 54.4 Å². The van der Waals surface area contributed by atoms with E-state index in [2.05, 4.69) is 30.8 Å². The van der Waals surface area contributed by atoms with Gasteiger partial charge in [-0.3, -0.25) is 9.59 Å². The molecule has 186 valence electrons. The second-order valence-corrected chi connectivity index (χ2v) is 10.3. The molecule has 1 aromatic heterocycles. The first-order chi connectivity index (χ1) is 16.4. The highest BCUT2D eigenvalue weighted by Gasteiger charge is 2.34. The van der Waals surface area contributed by atoms with Gasteiger partial charge >= 0.3 is 0 Å². The van der Waals surface area contributed by atoms with Gasteiger partial charge in [0, 0.05) is 32.7 Å². The lowest BCUT2D eigenvalue weighted by Crippen LogP contribution is -2.55. The highest BCUT2D eigenvalue weighted by molar-refractivity contribution is 7.17. The van der Waals surface area contributed by atoms with Crippen LogP contribution >= 0.6 is 22.9 Å². The molecular weight excluding hydrogens is 476 g/mol. The third-order valence-corrected chi connectivity index (χ3v) is 8.28. The lowest BCUT2D eigenvalue weighted by Gasteiger charge is -2.38. The molecule has 4 rings (SSSR count). The average molecular weight is 509 g/mol. The van der Waals surface area contributed by atoms with Crippen molar-refractivity contribution in [1.29, 1.82) is 0 Å². The molecule has 3 N–H and O–H groups in total. The van der Waals surface area contributed by atoms with Gasteiger partial charge in [0.15, 0.2) is 5.13 Å². The molecule has 0 spiro atoms. The number of aromatic nitrogens is 1. The maximum Gasteiger partial charge on any atom is 0.266 e. The fourth-order valence-electron chi connectivity index (χ4n) is 4.61. The molecule has 2 amide bonds. The molecule has 0 radical (unpaired) electrons. The highest BCUT2D eigenvalue weighted by Crippen LogP contribution is 2.30. The largest absolute Gasteiger partial charge is 0.377 e. The number of carbonyl (C=O) groups excluding carboxylic acids is 2. The van der Waals surface area contributed by atoms with Crippen molar-refractivity contribution in [2.45, 2.75) is 64.1 Å². The first-order valence-electron chi connectivity index (χ1n) is 11.9. The summed E-state index contributed by atoms with van der Waals surface area (Å²) in [5.41, 5.74) is 2.19. The van der Waals surface area contributed by atoms with Crippen molar-refractivity contribution < 1.29 is 14.3 Å². The van der Waals surface area contributed by atoms with Gasteiger partial charge < -0.3 is 25.6 Å². The number of hydrogen-bond donors (Lipinski definition) is 3. The molecule has 0 aliphatic carbocycles. The normalized spacial score (nSPS) is 23.8. The second kappa shape index (κ2) is 11.2. The second-order valence-electron chi connectivity index (χ2n) is 8.98. The molecule has 1 aromatic rings. The van der Waals surface area contributed by atoms with Gasteiger partial charge in [-0.25, -0.2) is 9.98 Å². The Labute approximate surface area is 209 Å². The molecule has 1 unspecified atom stereocenters. The Kier molecular flexibility index (Phi) is 8.23. The molecule has 0 bridgehead atoms. The van der Waals surface area contributed by atoms with Crippen LogP contribution in [-0.4, -0.2) is 74.0 Å². The minimum atomic E-state index is -0.204. The number of aliphatic imine (C=N–C) groups is 1. The first kappa shape index (κ1) is 25.1. The van der Waals surface area contributed by atoms with Gasteiger partial charge in [-0.15, -0.1) is 0 Å². The number of halogens is 1. The van der Waals surface area contributed by atoms with Gasteiger partial charge in [0.25, 0.3) is 11.8 Å².